The van der Waals surface area contributed by atoms with Gasteiger partial charge in [0.25, 0.3) is 5.91 Å². The van der Waals surface area contributed by atoms with Crippen molar-refractivity contribution in [3.8, 4) is 11.3 Å². The lowest BCUT2D eigenvalue weighted by Crippen LogP contribution is -2.51. The van der Waals surface area contributed by atoms with Crippen LogP contribution in [0.5, 0.6) is 0 Å². The van der Waals surface area contributed by atoms with Crippen molar-refractivity contribution in [2.24, 2.45) is 0 Å². The van der Waals surface area contributed by atoms with Crippen LogP contribution in [-0.2, 0) is 19.6 Å². The molecule has 1 aromatic carbocycles. The molecular weight excluding hydrogens is 506 g/mol. The number of anilines is 1. The van der Waals surface area contributed by atoms with Crippen LogP contribution in [-0.4, -0.2) is 91.6 Å². The highest BCUT2D eigenvalue weighted by Crippen LogP contribution is 2.30. The molecule has 0 bridgehead atoms. The lowest BCUT2D eigenvalue weighted by Gasteiger charge is -2.34. The van der Waals surface area contributed by atoms with Crippen molar-refractivity contribution in [3.05, 3.63) is 53.3 Å². The van der Waals surface area contributed by atoms with Crippen LogP contribution in [0.1, 0.15) is 16.9 Å². The van der Waals surface area contributed by atoms with Gasteiger partial charge < -0.3 is 14.5 Å². The third kappa shape index (κ3) is 4.54. The number of benzene rings is 1. The van der Waals surface area contributed by atoms with E-state index in [9.17, 15) is 18.0 Å². The van der Waals surface area contributed by atoms with Gasteiger partial charge in [-0.2, -0.15) is 0 Å². The van der Waals surface area contributed by atoms with E-state index in [1.807, 2.05) is 0 Å². The Hall–Kier alpha value is -3.15. The summed E-state index contributed by atoms with van der Waals surface area (Å²) in [7, 11) is -1.92. The Labute approximate surface area is 214 Å². The first-order valence-corrected chi connectivity index (χ1v) is 13.6. The number of methoxy groups -OCH3 is 1. The molecule has 0 saturated carbocycles. The number of hydrogen-bond donors (Lipinski definition) is 0. The highest BCUT2D eigenvalue weighted by molar-refractivity contribution is 7.93. The first-order chi connectivity index (χ1) is 17.3. The molecule has 190 valence electrons. The van der Waals surface area contributed by atoms with Gasteiger partial charge in [0.15, 0.2) is 0 Å². The van der Waals surface area contributed by atoms with Gasteiger partial charge in [-0.3, -0.25) is 18.3 Å². The number of piperazine rings is 1. The Kier molecular flexibility index (Phi) is 6.62. The Bertz CT molecular complexity index is 1410. The summed E-state index contributed by atoms with van der Waals surface area (Å²) in [5, 5.41) is 0.564. The molecule has 3 aromatic rings. The lowest BCUT2D eigenvalue weighted by molar-refractivity contribution is -0.136. The summed E-state index contributed by atoms with van der Waals surface area (Å²) in [5.41, 5.74) is 2.55. The fraction of sp³-hybridized carbons (Fsp3) is 0.375. The molecule has 12 heteroatoms. The van der Waals surface area contributed by atoms with Gasteiger partial charge in [0.1, 0.15) is 23.6 Å². The van der Waals surface area contributed by atoms with Gasteiger partial charge in [0.2, 0.25) is 15.9 Å². The highest BCUT2D eigenvalue weighted by Gasteiger charge is 2.32. The summed E-state index contributed by atoms with van der Waals surface area (Å²) >= 11 is 6.08. The van der Waals surface area contributed by atoms with Gasteiger partial charge in [-0.1, -0.05) is 23.7 Å². The van der Waals surface area contributed by atoms with Gasteiger partial charge >= 0.3 is 0 Å². The summed E-state index contributed by atoms with van der Waals surface area (Å²) < 4.78 is 33.0. The lowest BCUT2D eigenvalue weighted by atomic mass is 10.1. The average molecular weight is 532 g/mol. The first kappa shape index (κ1) is 24.5. The molecule has 2 amide bonds. The quantitative estimate of drug-likeness (QED) is 0.499. The minimum atomic E-state index is -3.39. The van der Waals surface area contributed by atoms with E-state index in [4.69, 9.17) is 21.3 Å². The van der Waals surface area contributed by atoms with Crippen molar-refractivity contribution in [2.75, 3.05) is 56.5 Å². The predicted octanol–water partition coefficient (Wildman–Crippen LogP) is 2.13. The van der Waals surface area contributed by atoms with Crippen LogP contribution in [0.15, 0.2) is 42.6 Å². The van der Waals surface area contributed by atoms with Crippen molar-refractivity contribution in [1.29, 1.82) is 0 Å². The molecule has 0 spiro atoms. The van der Waals surface area contributed by atoms with E-state index in [1.165, 1.54) is 11.4 Å². The molecule has 0 radical (unpaired) electrons. The third-order valence-electron chi connectivity index (χ3n) is 6.50. The number of halogens is 1. The smallest absolute Gasteiger partial charge is 0.273 e. The van der Waals surface area contributed by atoms with Gasteiger partial charge in [-0.25, -0.2) is 13.4 Å². The number of rotatable bonds is 5. The number of carbonyl (C=O) groups excluding carboxylic acids is 2. The molecule has 4 heterocycles. The Morgan fingerprint density at radius 2 is 1.69 bits per heavy atom. The monoisotopic (exact) mass is 531 g/mol. The Morgan fingerprint density at radius 3 is 2.33 bits per heavy atom. The molecule has 2 saturated heterocycles. The summed E-state index contributed by atoms with van der Waals surface area (Å²) in [6.45, 7) is 1.93. The van der Waals surface area contributed by atoms with Crippen molar-refractivity contribution >= 4 is 44.8 Å². The van der Waals surface area contributed by atoms with Crippen LogP contribution in [0.3, 0.4) is 0 Å². The average Bonchev–Trinajstić information content (AvgIpc) is 3.43. The maximum atomic E-state index is 13.9. The summed E-state index contributed by atoms with van der Waals surface area (Å²) in [5.74, 6) is -0.256. The predicted molar refractivity (Wildman–Crippen MR) is 136 cm³/mol. The van der Waals surface area contributed by atoms with Crippen LogP contribution in [0.2, 0.25) is 5.02 Å². The van der Waals surface area contributed by atoms with E-state index >= 15 is 0 Å². The zero-order valence-corrected chi connectivity index (χ0v) is 21.3. The molecule has 10 nitrogen and oxygen atoms in total. The van der Waals surface area contributed by atoms with Crippen LogP contribution in [0.4, 0.5) is 5.69 Å². The SMILES string of the molecule is COCC(=O)N1CCN(C(=O)c2c(-c3ccc(Cl)cc3)nc3ccc(N4CCCS4(=O)=O)cn23)CC1. The standard InChI is InChI=1S/C24H26ClN5O5S/c1-35-16-21(31)27-10-12-28(13-11-27)24(32)23-22(17-3-5-18(25)6-4-17)26-20-8-7-19(15-29(20)23)30-9-2-14-36(30,33)34/h3-8,15H,2,9-14,16H2,1H3. The number of nitrogens with zero attached hydrogens (tertiary/aromatic N) is 5. The summed E-state index contributed by atoms with van der Waals surface area (Å²) in [6, 6.07) is 10.5. The van der Waals surface area contributed by atoms with Crippen molar-refractivity contribution in [2.45, 2.75) is 6.42 Å². The topological polar surface area (TPSA) is 105 Å². The van der Waals surface area contributed by atoms with E-state index in [-0.39, 0.29) is 24.2 Å². The van der Waals surface area contributed by atoms with E-state index in [2.05, 4.69) is 0 Å². The number of aromatic nitrogens is 2. The number of amides is 2. The molecule has 5 rings (SSSR count). The van der Waals surface area contributed by atoms with E-state index < -0.39 is 10.0 Å². The number of pyridine rings is 1. The second-order valence-electron chi connectivity index (χ2n) is 8.78. The minimum absolute atomic E-state index is 0.00407. The number of imidazole rings is 1. The van der Waals surface area contributed by atoms with E-state index in [1.54, 1.807) is 56.8 Å². The molecule has 0 N–H and O–H groups in total. The molecule has 36 heavy (non-hydrogen) atoms. The molecule has 0 aliphatic carbocycles. The van der Waals surface area contributed by atoms with Crippen LogP contribution in [0.25, 0.3) is 16.9 Å². The second kappa shape index (κ2) is 9.72. The number of sulfonamides is 1. The van der Waals surface area contributed by atoms with Crippen LogP contribution >= 0.6 is 11.6 Å². The van der Waals surface area contributed by atoms with Crippen molar-refractivity contribution in [3.63, 3.8) is 0 Å². The maximum Gasteiger partial charge on any atom is 0.273 e. The zero-order chi connectivity index (χ0) is 25.4. The highest BCUT2D eigenvalue weighted by atomic mass is 35.5. The van der Waals surface area contributed by atoms with Crippen LogP contribution < -0.4 is 4.31 Å². The Balaban J connectivity index is 1.55. The van der Waals surface area contributed by atoms with E-state index in [0.29, 0.717) is 66.9 Å². The first-order valence-electron chi connectivity index (χ1n) is 11.6. The normalized spacial score (nSPS) is 17.7. The van der Waals surface area contributed by atoms with E-state index in [0.717, 1.165) is 5.56 Å². The van der Waals surface area contributed by atoms with Gasteiger partial charge in [0.05, 0.1) is 11.4 Å². The molecule has 2 aliphatic rings. The largest absolute Gasteiger partial charge is 0.375 e. The number of ether oxygens (including phenoxy) is 1. The molecule has 2 aliphatic heterocycles. The summed E-state index contributed by atoms with van der Waals surface area (Å²) in [6.07, 6.45) is 2.22. The molecule has 0 unspecified atom stereocenters. The second-order valence-corrected chi connectivity index (χ2v) is 11.2. The van der Waals surface area contributed by atoms with Gasteiger partial charge in [-0.05, 0) is 30.7 Å². The molecule has 2 fully saturated rings. The fourth-order valence-corrected chi connectivity index (χ4v) is 6.32. The van der Waals surface area contributed by atoms with Crippen LogP contribution in [0, 0.1) is 0 Å². The fourth-order valence-electron chi connectivity index (χ4n) is 4.65. The van der Waals surface area contributed by atoms with Gasteiger partial charge in [0, 0.05) is 56.6 Å². The number of carbonyl (C=O) groups is 2. The molecule has 0 atom stereocenters. The molecular formula is C24H26ClN5O5S. The molecule has 2 aromatic heterocycles. The summed E-state index contributed by atoms with van der Waals surface area (Å²) in [4.78, 5) is 34.2. The number of fused-ring (bicyclic) bond motifs is 1. The van der Waals surface area contributed by atoms with Crippen molar-refractivity contribution in [1.82, 2.24) is 19.2 Å². The third-order valence-corrected chi connectivity index (χ3v) is 8.62. The van der Waals surface area contributed by atoms with Crippen molar-refractivity contribution < 1.29 is 22.7 Å². The number of hydrogen-bond acceptors (Lipinski definition) is 6. The van der Waals surface area contributed by atoms with Gasteiger partial charge in [-0.15, -0.1) is 0 Å². The minimum Gasteiger partial charge on any atom is -0.375 e. The Morgan fingerprint density at radius 1 is 1.00 bits per heavy atom. The maximum absolute atomic E-state index is 13.9. The zero-order valence-electron chi connectivity index (χ0n) is 19.8.